The highest BCUT2D eigenvalue weighted by Gasteiger charge is 2.32. The predicted octanol–water partition coefficient (Wildman–Crippen LogP) is 3.32. The van der Waals surface area contributed by atoms with E-state index in [1.165, 1.54) is 11.1 Å². The first-order chi connectivity index (χ1) is 13.7. The number of hydrogen-bond acceptors (Lipinski definition) is 4. The highest BCUT2D eigenvalue weighted by Crippen LogP contribution is 2.24. The van der Waals surface area contributed by atoms with Crippen LogP contribution in [-0.4, -0.2) is 54.0 Å². The maximum atomic E-state index is 12.5. The molecule has 5 heteroatoms. The maximum absolute atomic E-state index is 12.5. The number of likely N-dealkylation sites (tertiary alicyclic amines) is 2. The lowest BCUT2D eigenvalue weighted by Gasteiger charge is -2.23. The summed E-state index contributed by atoms with van der Waals surface area (Å²) >= 11 is 0. The Bertz CT molecular complexity index is 844. The Labute approximate surface area is 166 Å². The van der Waals surface area contributed by atoms with Gasteiger partial charge in [0, 0.05) is 19.6 Å². The molecule has 144 valence electrons. The van der Waals surface area contributed by atoms with E-state index in [4.69, 9.17) is 10.00 Å². The van der Waals surface area contributed by atoms with Crippen LogP contribution in [0.15, 0.2) is 54.6 Å². The molecule has 0 bridgehead atoms. The molecule has 0 aromatic heterocycles. The van der Waals surface area contributed by atoms with Crippen LogP contribution in [-0.2, 0) is 4.79 Å². The number of nitrogens with zero attached hydrogens (tertiary/aromatic N) is 3. The van der Waals surface area contributed by atoms with Crippen LogP contribution in [0.1, 0.15) is 19.3 Å². The molecule has 0 saturated carbocycles. The zero-order chi connectivity index (χ0) is 19.3. The molecule has 2 aliphatic rings. The van der Waals surface area contributed by atoms with E-state index < -0.39 is 0 Å². The van der Waals surface area contributed by atoms with Gasteiger partial charge in [0.1, 0.15) is 17.9 Å². The van der Waals surface area contributed by atoms with Gasteiger partial charge in [-0.25, -0.2) is 0 Å². The molecule has 2 atom stereocenters. The zero-order valence-electron chi connectivity index (χ0n) is 16.0. The van der Waals surface area contributed by atoms with Crippen LogP contribution in [0.2, 0.25) is 0 Å². The van der Waals surface area contributed by atoms with Gasteiger partial charge in [0.2, 0.25) is 5.91 Å². The van der Waals surface area contributed by atoms with Gasteiger partial charge in [-0.3, -0.25) is 9.69 Å². The van der Waals surface area contributed by atoms with Gasteiger partial charge in [-0.2, -0.15) is 5.26 Å². The number of hydrogen-bond donors (Lipinski definition) is 0. The molecule has 2 aromatic carbocycles. The summed E-state index contributed by atoms with van der Waals surface area (Å²) in [6.07, 6.45) is 2.73. The Hall–Kier alpha value is -2.84. The molecule has 5 nitrogen and oxygen atoms in total. The third kappa shape index (κ3) is 4.18. The number of nitriles is 1. The van der Waals surface area contributed by atoms with E-state index >= 15 is 0 Å². The first-order valence-corrected chi connectivity index (χ1v) is 9.96. The molecule has 2 fully saturated rings. The molecule has 2 heterocycles. The van der Waals surface area contributed by atoms with E-state index in [1.54, 1.807) is 4.90 Å². The number of ether oxygens (including phenoxy) is 1. The maximum Gasteiger partial charge on any atom is 0.237 e. The fourth-order valence-electron chi connectivity index (χ4n) is 4.07. The van der Waals surface area contributed by atoms with Crippen molar-refractivity contribution in [1.82, 2.24) is 9.80 Å². The van der Waals surface area contributed by atoms with E-state index in [0.717, 1.165) is 38.1 Å². The van der Waals surface area contributed by atoms with Gasteiger partial charge in [0.05, 0.1) is 12.6 Å². The summed E-state index contributed by atoms with van der Waals surface area (Å²) in [5.41, 5.74) is 2.36. The van der Waals surface area contributed by atoms with Gasteiger partial charge < -0.3 is 9.64 Å². The van der Waals surface area contributed by atoms with E-state index in [2.05, 4.69) is 35.2 Å². The fraction of sp³-hybridized carbons (Fsp3) is 0.391. The smallest absolute Gasteiger partial charge is 0.237 e. The zero-order valence-corrected chi connectivity index (χ0v) is 16.0. The van der Waals surface area contributed by atoms with Gasteiger partial charge >= 0.3 is 0 Å². The molecular weight excluding hydrogens is 350 g/mol. The average Bonchev–Trinajstić information content (AvgIpc) is 3.38. The Morgan fingerprint density at radius 1 is 1.04 bits per heavy atom. The molecule has 0 radical (unpaired) electrons. The standard InChI is InChI=1S/C23H25N3O2/c24-15-20-7-4-13-26(20)23(27)17-25-14-12-22(16-25)28-21-10-8-19(9-11-21)18-5-2-1-3-6-18/h1-3,5-6,8-11,20,22H,4,7,12-14,16-17H2. The van der Waals surface area contributed by atoms with Crippen molar-refractivity contribution in [2.24, 2.45) is 0 Å². The predicted molar refractivity (Wildman–Crippen MR) is 108 cm³/mol. The van der Waals surface area contributed by atoms with Crippen molar-refractivity contribution in [2.45, 2.75) is 31.4 Å². The molecule has 28 heavy (non-hydrogen) atoms. The van der Waals surface area contributed by atoms with Crippen LogP contribution < -0.4 is 4.74 Å². The van der Waals surface area contributed by atoms with Crippen LogP contribution in [0, 0.1) is 11.3 Å². The lowest BCUT2D eigenvalue weighted by molar-refractivity contribution is -0.132. The van der Waals surface area contributed by atoms with Crippen molar-refractivity contribution < 1.29 is 9.53 Å². The average molecular weight is 375 g/mol. The Balaban J connectivity index is 1.29. The fourth-order valence-corrected chi connectivity index (χ4v) is 4.07. The molecule has 2 aromatic rings. The lowest BCUT2D eigenvalue weighted by Crippen LogP contribution is -2.42. The van der Waals surface area contributed by atoms with Crippen LogP contribution in [0.4, 0.5) is 0 Å². The Morgan fingerprint density at radius 2 is 1.79 bits per heavy atom. The largest absolute Gasteiger partial charge is 0.489 e. The third-order valence-electron chi connectivity index (χ3n) is 5.57. The topological polar surface area (TPSA) is 56.6 Å². The normalized spacial score (nSPS) is 22.2. The first kappa shape index (κ1) is 18.5. The molecule has 1 amide bonds. The van der Waals surface area contributed by atoms with Crippen molar-refractivity contribution in [2.75, 3.05) is 26.2 Å². The highest BCUT2D eigenvalue weighted by molar-refractivity contribution is 5.79. The first-order valence-electron chi connectivity index (χ1n) is 9.96. The summed E-state index contributed by atoms with van der Waals surface area (Å²) in [4.78, 5) is 16.4. The molecule has 0 aliphatic carbocycles. The Kier molecular flexibility index (Phi) is 5.59. The van der Waals surface area contributed by atoms with Crippen LogP contribution in [0.3, 0.4) is 0 Å². The second kappa shape index (κ2) is 8.45. The number of amides is 1. The molecular formula is C23H25N3O2. The highest BCUT2D eigenvalue weighted by atomic mass is 16.5. The van der Waals surface area contributed by atoms with E-state index in [0.29, 0.717) is 13.1 Å². The summed E-state index contributed by atoms with van der Waals surface area (Å²) in [5.74, 6) is 0.929. The summed E-state index contributed by atoms with van der Waals surface area (Å²) in [7, 11) is 0. The van der Waals surface area contributed by atoms with Gasteiger partial charge in [-0.05, 0) is 42.5 Å². The number of benzene rings is 2. The van der Waals surface area contributed by atoms with Crippen LogP contribution >= 0.6 is 0 Å². The number of rotatable bonds is 5. The Morgan fingerprint density at radius 3 is 2.54 bits per heavy atom. The van der Waals surface area contributed by atoms with Crippen LogP contribution in [0.25, 0.3) is 11.1 Å². The van der Waals surface area contributed by atoms with Crippen molar-refractivity contribution >= 4 is 5.91 Å². The minimum atomic E-state index is -0.245. The molecule has 0 N–H and O–H groups in total. The molecule has 2 unspecified atom stereocenters. The van der Waals surface area contributed by atoms with Crippen molar-refractivity contribution in [3.05, 3.63) is 54.6 Å². The summed E-state index contributed by atoms with van der Waals surface area (Å²) in [6, 6.07) is 20.5. The summed E-state index contributed by atoms with van der Waals surface area (Å²) in [6.45, 7) is 2.68. The second-order valence-corrected chi connectivity index (χ2v) is 7.53. The van der Waals surface area contributed by atoms with E-state index in [9.17, 15) is 4.79 Å². The minimum Gasteiger partial charge on any atom is -0.489 e. The SMILES string of the molecule is N#CC1CCCN1C(=O)CN1CCC(Oc2ccc(-c3ccccc3)cc2)C1. The quantitative estimate of drug-likeness (QED) is 0.804. The molecule has 0 spiro atoms. The van der Waals surface area contributed by atoms with E-state index in [-0.39, 0.29) is 18.1 Å². The van der Waals surface area contributed by atoms with Gasteiger partial charge in [-0.1, -0.05) is 42.5 Å². The van der Waals surface area contributed by atoms with Gasteiger partial charge in [0.25, 0.3) is 0 Å². The van der Waals surface area contributed by atoms with Gasteiger partial charge in [0.15, 0.2) is 0 Å². The van der Waals surface area contributed by atoms with Crippen LogP contribution in [0.5, 0.6) is 5.75 Å². The number of carbonyl (C=O) groups excluding carboxylic acids is 1. The summed E-state index contributed by atoms with van der Waals surface area (Å²) in [5, 5.41) is 9.17. The van der Waals surface area contributed by atoms with Crippen molar-refractivity contribution in [3.8, 4) is 22.9 Å². The third-order valence-corrected chi connectivity index (χ3v) is 5.57. The monoisotopic (exact) mass is 375 g/mol. The number of carbonyl (C=O) groups is 1. The van der Waals surface area contributed by atoms with E-state index in [1.807, 2.05) is 30.3 Å². The van der Waals surface area contributed by atoms with Crippen molar-refractivity contribution in [1.29, 1.82) is 5.26 Å². The lowest BCUT2D eigenvalue weighted by atomic mass is 10.1. The molecule has 4 rings (SSSR count). The minimum absolute atomic E-state index is 0.0666. The summed E-state index contributed by atoms with van der Waals surface area (Å²) < 4.78 is 6.13. The molecule has 2 aliphatic heterocycles. The van der Waals surface area contributed by atoms with Gasteiger partial charge in [-0.15, -0.1) is 0 Å². The molecule has 2 saturated heterocycles. The second-order valence-electron chi connectivity index (χ2n) is 7.53. The van der Waals surface area contributed by atoms with Crippen molar-refractivity contribution in [3.63, 3.8) is 0 Å².